The first-order valence-electron chi connectivity index (χ1n) is 10.8. The van der Waals surface area contributed by atoms with Crippen molar-refractivity contribution < 1.29 is 29.4 Å². The zero-order valence-corrected chi connectivity index (χ0v) is 22.8. The maximum atomic E-state index is 13.1. The number of tetrazole rings is 1. The van der Waals surface area contributed by atoms with Crippen molar-refractivity contribution in [3.05, 3.63) is 23.7 Å². The molecule has 6 N–H and O–H groups in total. The number of aromatic amines is 1. The van der Waals surface area contributed by atoms with E-state index in [2.05, 4.69) is 42.7 Å². The van der Waals surface area contributed by atoms with E-state index in [1.165, 1.54) is 22.7 Å². The number of nitrogens with zero attached hydrogens (tertiary/aromatic N) is 6. The van der Waals surface area contributed by atoms with Gasteiger partial charge in [0.15, 0.2) is 10.8 Å². The number of carboxylic acids is 1. The first kappa shape index (κ1) is 29.6. The summed E-state index contributed by atoms with van der Waals surface area (Å²) in [5.74, 6) is -2.10. The van der Waals surface area contributed by atoms with Gasteiger partial charge in [-0.15, -0.1) is 45.7 Å². The molecule has 0 spiro atoms. The summed E-state index contributed by atoms with van der Waals surface area (Å²) in [6.45, 7) is 3.21. The molecule has 2 amide bonds. The molecule has 0 saturated carbocycles. The number of rotatable bonds is 12. The number of aliphatic hydroxyl groups excluding tert-OH is 1. The monoisotopic (exact) mass is 605 g/mol. The van der Waals surface area contributed by atoms with Gasteiger partial charge in [0.1, 0.15) is 29.1 Å². The van der Waals surface area contributed by atoms with Gasteiger partial charge in [0.25, 0.3) is 5.91 Å². The molecule has 3 unspecified atom stereocenters. The summed E-state index contributed by atoms with van der Waals surface area (Å²) in [6.07, 6.45) is 1.59. The number of carbonyl (C=O) groups is 3. The van der Waals surface area contributed by atoms with Crippen molar-refractivity contribution in [3.63, 3.8) is 0 Å². The van der Waals surface area contributed by atoms with E-state index in [1.54, 1.807) is 5.38 Å². The Morgan fingerprint density at radius 2 is 2.32 bits per heavy atom. The SMILES string of the molecule is C=CCON=C(C(=O)NC1C(=O)N2CC(C(=O)O)(C(CCO)Sc3nn[nH]n3)CS[C@H]12)c1csc(N)n1.Cl. The minimum absolute atomic E-state index is 0. The van der Waals surface area contributed by atoms with Crippen LogP contribution in [0.4, 0.5) is 5.13 Å². The van der Waals surface area contributed by atoms with Crippen LogP contribution in [0.5, 0.6) is 0 Å². The predicted molar refractivity (Wildman–Crippen MR) is 142 cm³/mol. The average molecular weight is 606 g/mol. The van der Waals surface area contributed by atoms with E-state index >= 15 is 0 Å². The molecular formula is C19H24ClN9O6S3. The zero-order valence-electron chi connectivity index (χ0n) is 19.6. The Kier molecular flexibility index (Phi) is 9.94. The Bertz CT molecular complexity index is 1200. The number of hydrogen-bond donors (Lipinski definition) is 5. The number of anilines is 1. The fourth-order valence-electron chi connectivity index (χ4n) is 3.92. The highest BCUT2D eigenvalue weighted by molar-refractivity contribution is 8.01. The van der Waals surface area contributed by atoms with Gasteiger partial charge < -0.3 is 31.0 Å². The summed E-state index contributed by atoms with van der Waals surface area (Å²) in [4.78, 5) is 49.1. The minimum Gasteiger partial charge on any atom is -0.481 e. The zero-order chi connectivity index (χ0) is 26.6. The molecule has 4 rings (SSSR count). The number of aliphatic hydroxyl groups is 1. The molecule has 0 aromatic carbocycles. The Hall–Kier alpha value is -2.93. The summed E-state index contributed by atoms with van der Waals surface area (Å²) >= 11 is 3.43. The summed E-state index contributed by atoms with van der Waals surface area (Å²) in [5, 5.41) is 40.7. The number of amides is 2. The number of fused-ring (bicyclic) bond motifs is 1. The number of β-lactam (4-membered cyclic amide) rings is 1. The number of aliphatic carboxylic acids is 1. The first-order valence-corrected chi connectivity index (χ1v) is 13.6. The lowest BCUT2D eigenvalue weighted by molar-refractivity contribution is -0.158. The third kappa shape index (κ3) is 5.88. The van der Waals surface area contributed by atoms with E-state index in [4.69, 9.17) is 10.6 Å². The molecule has 206 valence electrons. The quantitative estimate of drug-likeness (QED) is 0.0518. The molecule has 19 heteroatoms. The van der Waals surface area contributed by atoms with Crippen molar-refractivity contribution in [2.24, 2.45) is 10.6 Å². The summed E-state index contributed by atoms with van der Waals surface area (Å²) in [5.41, 5.74) is 4.34. The third-order valence-corrected chi connectivity index (χ3v) is 9.31. The van der Waals surface area contributed by atoms with Gasteiger partial charge in [-0.05, 0) is 11.6 Å². The van der Waals surface area contributed by atoms with Crippen LogP contribution in [0.3, 0.4) is 0 Å². The van der Waals surface area contributed by atoms with Crippen molar-refractivity contribution in [2.75, 3.05) is 31.2 Å². The first-order chi connectivity index (χ1) is 17.8. The van der Waals surface area contributed by atoms with Crippen LogP contribution in [0, 0.1) is 5.41 Å². The molecule has 2 aromatic rings. The predicted octanol–water partition coefficient (Wildman–Crippen LogP) is -0.419. The summed E-state index contributed by atoms with van der Waals surface area (Å²) < 4.78 is 0. The molecule has 2 aromatic heterocycles. The van der Waals surface area contributed by atoms with E-state index in [0.29, 0.717) is 0 Å². The second kappa shape index (κ2) is 12.7. The number of nitrogens with one attached hydrogen (secondary N) is 2. The van der Waals surface area contributed by atoms with Gasteiger partial charge in [0.05, 0.1) is 0 Å². The minimum atomic E-state index is -1.39. The van der Waals surface area contributed by atoms with Gasteiger partial charge in [0.2, 0.25) is 11.1 Å². The van der Waals surface area contributed by atoms with Crippen LogP contribution in [0.25, 0.3) is 0 Å². The average Bonchev–Trinajstić information content (AvgIpc) is 3.56. The maximum Gasteiger partial charge on any atom is 0.313 e. The van der Waals surface area contributed by atoms with Crippen LogP contribution < -0.4 is 11.1 Å². The van der Waals surface area contributed by atoms with Crippen molar-refractivity contribution in [1.82, 2.24) is 35.8 Å². The van der Waals surface area contributed by atoms with Gasteiger partial charge in [-0.2, -0.15) is 5.21 Å². The van der Waals surface area contributed by atoms with E-state index in [-0.39, 0.29) is 66.0 Å². The van der Waals surface area contributed by atoms with Crippen molar-refractivity contribution in [1.29, 1.82) is 0 Å². The van der Waals surface area contributed by atoms with Crippen LogP contribution in [0.2, 0.25) is 0 Å². The van der Waals surface area contributed by atoms with Gasteiger partial charge in [0, 0.05) is 29.5 Å². The molecule has 0 bridgehead atoms. The molecule has 4 atom stereocenters. The number of oxime groups is 1. The van der Waals surface area contributed by atoms with Crippen molar-refractivity contribution in [2.45, 2.75) is 28.2 Å². The van der Waals surface area contributed by atoms with Gasteiger partial charge in [-0.3, -0.25) is 14.4 Å². The number of thioether (sulfide) groups is 2. The number of thiazole rings is 1. The molecule has 2 aliphatic heterocycles. The highest BCUT2D eigenvalue weighted by Gasteiger charge is 2.60. The molecule has 4 heterocycles. The number of carboxylic acid groups (broad SMARTS) is 1. The van der Waals surface area contributed by atoms with Gasteiger partial charge >= 0.3 is 5.97 Å². The number of nitrogens with two attached hydrogens (primary N) is 1. The Labute approximate surface area is 234 Å². The van der Waals surface area contributed by atoms with Crippen molar-refractivity contribution in [3.8, 4) is 0 Å². The van der Waals surface area contributed by atoms with Crippen LogP contribution in [-0.2, 0) is 19.2 Å². The van der Waals surface area contributed by atoms with Gasteiger partial charge in [-0.25, -0.2) is 4.98 Å². The third-order valence-electron chi connectivity index (χ3n) is 5.73. The van der Waals surface area contributed by atoms with Crippen LogP contribution in [-0.4, -0.2) is 106 Å². The Morgan fingerprint density at radius 1 is 1.53 bits per heavy atom. The summed E-state index contributed by atoms with van der Waals surface area (Å²) in [6, 6.07) is -0.897. The fraction of sp³-hybridized carbons (Fsp3) is 0.474. The molecule has 38 heavy (non-hydrogen) atoms. The molecule has 2 saturated heterocycles. The van der Waals surface area contributed by atoms with Crippen molar-refractivity contribution >= 4 is 75.9 Å². The fourth-order valence-corrected chi connectivity index (χ4v) is 7.33. The standard InChI is InChI=1S/C19H23N9O6S3.ClH/c1-2-5-34-25-11(9-6-35-17(20)21-9)13(30)22-12-14(31)28-7-19(16(32)33,8-36-15(12)28)10(3-4-29)37-18-23-26-27-24-18;/h2,6,10,12,15,29H,1,3-5,7-8H2,(H2,20,21)(H,22,30)(H,32,33)(H,23,24,26,27);1H/t10?,12?,15-,19?;/m1./s1. The van der Waals surface area contributed by atoms with Crippen LogP contribution >= 0.6 is 47.3 Å². The number of carbonyl (C=O) groups excluding carboxylic acids is 2. The number of aromatic nitrogens is 5. The number of halogens is 1. The number of H-pyrrole nitrogens is 1. The Balaban J connectivity index is 0.00000400. The largest absolute Gasteiger partial charge is 0.481 e. The molecule has 0 aliphatic carbocycles. The van der Waals surface area contributed by atoms with E-state index in [0.717, 1.165) is 23.1 Å². The smallest absolute Gasteiger partial charge is 0.313 e. The lowest BCUT2D eigenvalue weighted by Crippen LogP contribution is -2.75. The highest BCUT2D eigenvalue weighted by atomic mass is 35.5. The summed E-state index contributed by atoms with van der Waals surface area (Å²) in [7, 11) is 0. The molecule has 2 aliphatic rings. The lowest BCUT2D eigenvalue weighted by atomic mass is 9.82. The number of nitrogen functional groups attached to an aromatic ring is 1. The lowest BCUT2D eigenvalue weighted by Gasteiger charge is -2.55. The van der Waals surface area contributed by atoms with E-state index in [9.17, 15) is 24.6 Å². The maximum absolute atomic E-state index is 13.1. The topological polar surface area (TPSA) is 222 Å². The van der Waals surface area contributed by atoms with Crippen LogP contribution in [0.1, 0.15) is 12.1 Å². The molecule has 0 radical (unpaired) electrons. The molecule has 15 nitrogen and oxygen atoms in total. The number of hydrogen-bond acceptors (Lipinski definition) is 14. The normalized spacial score (nSPS) is 23.4. The van der Waals surface area contributed by atoms with E-state index in [1.807, 2.05) is 0 Å². The second-order valence-electron chi connectivity index (χ2n) is 7.99. The van der Waals surface area contributed by atoms with E-state index < -0.39 is 39.9 Å². The highest BCUT2D eigenvalue weighted by Crippen LogP contribution is 2.48. The molecular weight excluding hydrogens is 582 g/mol. The molecule has 2 fully saturated rings. The van der Waals surface area contributed by atoms with Crippen LogP contribution in [0.15, 0.2) is 28.3 Å². The Morgan fingerprint density at radius 3 is 2.92 bits per heavy atom. The van der Waals surface area contributed by atoms with Gasteiger partial charge in [-0.1, -0.05) is 29.6 Å². The second-order valence-corrected chi connectivity index (χ2v) is 11.2.